The van der Waals surface area contributed by atoms with Gasteiger partial charge in [0.15, 0.2) is 0 Å². The van der Waals surface area contributed by atoms with Gasteiger partial charge in [-0.2, -0.15) is 18.3 Å². The van der Waals surface area contributed by atoms with E-state index in [1.807, 2.05) is 30.3 Å². The predicted octanol–water partition coefficient (Wildman–Crippen LogP) is 3.57. The molecule has 152 valence electrons. The molecule has 2 aromatic rings. The molecule has 2 aromatic carbocycles. The van der Waals surface area contributed by atoms with Crippen LogP contribution in [0, 0.1) is 0 Å². The standard InChI is InChI=1S/C20H19F3N4O2/c21-20(22,23)15-8-4-5-9-17(15)24-25-18(28)10-11-19(29)27-13-12-16(26-27)14-6-2-1-3-7-14/h1-9,24H,10-13H2,(H,25,28). The summed E-state index contributed by atoms with van der Waals surface area (Å²) in [7, 11) is 0. The summed E-state index contributed by atoms with van der Waals surface area (Å²) in [6, 6.07) is 14.3. The minimum Gasteiger partial charge on any atom is -0.298 e. The first-order valence-electron chi connectivity index (χ1n) is 8.99. The largest absolute Gasteiger partial charge is 0.418 e. The average Bonchev–Trinajstić information content (AvgIpc) is 3.21. The maximum Gasteiger partial charge on any atom is 0.418 e. The number of hydrazine groups is 1. The number of amides is 2. The molecule has 0 bridgehead atoms. The van der Waals surface area contributed by atoms with Crippen LogP contribution < -0.4 is 10.9 Å². The van der Waals surface area contributed by atoms with E-state index < -0.39 is 17.6 Å². The highest BCUT2D eigenvalue weighted by molar-refractivity contribution is 6.02. The Hall–Kier alpha value is -3.36. The summed E-state index contributed by atoms with van der Waals surface area (Å²) in [4.78, 5) is 24.2. The van der Waals surface area contributed by atoms with Gasteiger partial charge in [-0.05, 0) is 17.7 Å². The number of halogens is 3. The fraction of sp³-hybridized carbons (Fsp3) is 0.250. The van der Waals surface area contributed by atoms with Gasteiger partial charge in [0.25, 0.3) is 0 Å². The molecule has 0 fully saturated rings. The Labute approximate surface area is 165 Å². The molecule has 0 saturated carbocycles. The smallest absolute Gasteiger partial charge is 0.298 e. The van der Waals surface area contributed by atoms with Crippen LogP contribution in [0.5, 0.6) is 0 Å². The Bertz CT molecular complexity index is 913. The van der Waals surface area contributed by atoms with Gasteiger partial charge in [0.05, 0.1) is 23.5 Å². The molecule has 0 saturated heterocycles. The molecule has 6 nitrogen and oxygen atoms in total. The van der Waals surface area contributed by atoms with Gasteiger partial charge in [0, 0.05) is 19.3 Å². The van der Waals surface area contributed by atoms with Crippen LogP contribution in [0.1, 0.15) is 30.4 Å². The van der Waals surface area contributed by atoms with Crippen LogP contribution in [0.4, 0.5) is 18.9 Å². The van der Waals surface area contributed by atoms with E-state index in [0.717, 1.165) is 17.3 Å². The van der Waals surface area contributed by atoms with Crippen LogP contribution in [0.2, 0.25) is 0 Å². The van der Waals surface area contributed by atoms with E-state index in [9.17, 15) is 22.8 Å². The van der Waals surface area contributed by atoms with Crippen molar-refractivity contribution >= 4 is 23.2 Å². The van der Waals surface area contributed by atoms with Crippen LogP contribution in [0.25, 0.3) is 0 Å². The molecule has 3 rings (SSSR count). The lowest BCUT2D eigenvalue weighted by Gasteiger charge is -2.15. The number of alkyl halides is 3. The zero-order valence-electron chi connectivity index (χ0n) is 15.4. The number of carbonyl (C=O) groups is 2. The summed E-state index contributed by atoms with van der Waals surface area (Å²) >= 11 is 0. The molecule has 0 radical (unpaired) electrons. The van der Waals surface area contributed by atoms with E-state index in [0.29, 0.717) is 13.0 Å². The van der Waals surface area contributed by atoms with E-state index in [1.165, 1.54) is 23.2 Å². The molecule has 0 unspecified atom stereocenters. The molecule has 1 aliphatic heterocycles. The van der Waals surface area contributed by atoms with E-state index in [1.54, 1.807) is 0 Å². The second-order valence-corrected chi connectivity index (χ2v) is 6.40. The third-order valence-electron chi connectivity index (χ3n) is 4.33. The minimum absolute atomic E-state index is 0.0972. The first kappa shape index (κ1) is 20.4. The minimum atomic E-state index is -4.55. The fourth-order valence-corrected chi connectivity index (χ4v) is 2.86. The maximum atomic E-state index is 12.9. The number of anilines is 1. The summed E-state index contributed by atoms with van der Waals surface area (Å²) in [6.45, 7) is 0.432. The number of nitrogens with zero attached hydrogens (tertiary/aromatic N) is 2. The highest BCUT2D eigenvalue weighted by Crippen LogP contribution is 2.34. The van der Waals surface area contributed by atoms with Crippen molar-refractivity contribution in [3.63, 3.8) is 0 Å². The summed E-state index contributed by atoms with van der Waals surface area (Å²) in [5.41, 5.74) is 5.04. The van der Waals surface area contributed by atoms with Gasteiger partial charge in [-0.25, -0.2) is 5.01 Å². The summed E-state index contributed by atoms with van der Waals surface area (Å²) in [5.74, 6) is -0.913. The lowest BCUT2D eigenvalue weighted by molar-refractivity contribution is -0.137. The number of hydrogen-bond donors (Lipinski definition) is 2. The molecular formula is C20H19F3N4O2. The number of hydrogen-bond acceptors (Lipinski definition) is 4. The van der Waals surface area contributed by atoms with E-state index in [2.05, 4.69) is 16.0 Å². The van der Waals surface area contributed by atoms with E-state index in [4.69, 9.17) is 0 Å². The van der Waals surface area contributed by atoms with Crippen molar-refractivity contribution in [1.82, 2.24) is 10.4 Å². The first-order chi connectivity index (χ1) is 13.8. The summed E-state index contributed by atoms with van der Waals surface area (Å²) in [5, 5.41) is 5.62. The first-order valence-corrected chi connectivity index (χ1v) is 8.99. The van der Waals surface area contributed by atoms with Crippen molar-refractivity contribution in [3.05, 3.63) is 65.7 Å². The number of para-hydroxylation sites is 1. The van der Waals surface area contributed by atoms with Crippen LogP contribution >= 0.6 is 0 Å². The number of hydrazone groups is 1. The average molecular weight is 404 g/mol. The second-order valence-electron chi connectivity index (χ2n) is 6.40. The van der Waals surface area contributed by atoms with Crippen LogP contribution in [-0.2, 0) is 15.8 Å². The van der Waals surface area contributed by atoms with Crippen LogP contribution in [-0.4, -0.2) is 29.1 Å². The van der Waals surface area contributed by atoms with Crippen molar-refractivity contribution in [2.24, 2.45) is 5.10 Å². The molecule has 0 atom stereocenters. The third kappa shape index (κ3) is 5.34. The zero-order chi connectivity index (χ0) is 20.9. The van der Waals surface area contributed by atoms with Gasteiger partial charge in [-0.15, -0.1) is 0 Å². The Morgan fingerprint density at radius 2 is 1.69 bits per heavy atom. The van der Waals surface area contributed by atoms with Crippen molar-refractivity contribution in [3.8, 4) is 0 Å². The van der Waals surface area contributed by atoms with Crippen LogP contribution in [0.3, 0.4) is 0 Å². The second kappa shape index (κ2) is 8.76. The molecule has 2 amide bonds. The maximum absolute atomic E-state index is 12.9. The van der Waals surface area contributed by atoms with Crippen molar-refractivity contribution in [2.75, 3.05) is 12.0 Å². The number of rotatable bonds is 6. The van der Waals surface area contributed by atoms with Crippen molar-refractivity contribution in [2.45, 2.75) is 25.4 Å². The Morgan fingerprint density at radius 1 is 1.00 bits per heavy atom. The molecule has 0 spiro atoms. The normalized spacial score (nSPS) is 13.8. The third-order valence-corrected chi connectivity index (χ3v) is 4.33. The van der Waals surface area contributed by atoms with Gasteiger partial charge in [-0.3, -0.25) is 20.4 Å². The zero-order valence-corrected chi connectivity index (χ0v) is 15.4. The molecule has 1 aliphatic rings. The molecule has 0 aromatic heterocycles. The molecule has 9 heteroatoms. The topological polar surface area (TPSA) is 73.8 Å². The lowest BCUT2D eigenvalue weighted by Crippen LogP contribution is -2.32. The molecule has 29 heavy (non-hydrogen) atoms. The Balaban J connectivity index is 1.49. The van der Waals surface area contributed by atoms with Gasteiger partial charge < -0.3 is 0 Å². The van der Waals surface area contributed by atoms with Gasteiger partial charge in [0.2, 0.25) is 11.8 Å². The summed E-state index contributed by atoms with van der Waals surface area (Å²) in [6.07, 6.45) is -4.20. The van der Waals surface area contributed by atoms with Crippen LogP contribution in [0.15, 0.2) is 59.7 Å². The Kier molecular flexibility index (Phi) is 6.16. The molecule has 0 aliphatic carbocycles. The lowest BCUT2D eigenvalue weighted by atomic mass is 10.1. The van der Waals surface area contributed by atoms with E-state index >= 15 is 0 Å². The Morgan fingerprint density at radius 3 is 2.41 bits per heavy atom. The van der Waals surface area contributed by atoms with Gasteiger partial charge in [0.1, 0.15) is 0 Å². The SMILES string of the molecule is O=C(CCC(=O)N1CCC(c2ccccc2)=N1)NNc1ccccc1C(F)(F)F. The van der Waals surface area contributed by atoms with Crippen molar-refractivity contribution in [1.29, 1.82) is 0 Å². The molecule has 1 heterocycles. The summed E-state index contributed by atoms with van der Waals surface area (Å²) < 4.78 is 38.8. The van der Waals surface area contributed by atoms with E-state index in [-0.39, 0.29) is 24.4 Å². The highest BCUT2D eigenvalue weighted by atomic mass is 19.4. The number of nitrogens with one attached hydrogen (secondary N) is 2. The quantitative estimate of drug-likeness (QED) is 0.723. The molecule has 2 N–H and O–H groups in total. The fourth-order valence-electron chi connectivity index (χ4n) is 2.86. The number of benzene rings is 2. The monoisotopic (exact) mass is 404 g/mol. The van der Waals surface area contributed by atoms with Gasteiger partial charge >= 0.3 is 6.18 Å². The van der Waals surface area contributed by atoms with Gasteiger partial charge in [-0.1, -0.05) is 42.5 Å². The molecular weight excluding hydrogens is 385 g/mol. The predicted molar refractivity (Wildman–Crippen MR) is 102 cm³/mol. The number of carbonyl (C=O) groups excluding carboxylic acids is 2. The highest BCUT2D eigenvalue weighted by Gasteiger charge is 2.33. The van der Waals surface area contributed by atoms with Crippen molar-refractivity contribution < 1.29 is 22.8 Å².